The summed E-state index contributed by atoms with van der Waals surface area (Å²) in [5.74, 6) is 1.88. The third-order valence-corrected chi connectivity index (χ3v) is 3.13. The SMILES string of the molecule is [NH]C1CC2CCCC(C1)C2. The molecule has 0 aliphatic heterocycles. The molecule has 1 heteroatoms. The molecule has 2 aliphatic carbocycles. The molecular formula is C9H16N. The van der Waals surface area contributed by atoms with Gasteiger partial charge in [-0.15, -0.1) is 0 Å². The zero-order valence-corrected chi connectivity index (χ0v) is 6.47. The molecule has 2 saturated carbocycles. The Bertz CT molecular complexity index is 106. The Morgan fingerprint density at radius 1 is 0.900 bits per heavy atom. The standard InChI is InChI=1S/C9H16N/c10-9-5-7-2-1-3-8(4-7)6-9/h7-10H,1-6H2. The van der Waals surface area contributed by atoms with E-state index in [1.54, 1.807) is 0 Å². The summed E-state index contributed by atoms with van der Waals surface area (Å²) < 4.78 is 0. The van der Waals surface area contributed by atoms with Gasteiger partial charge in [-0.3, -0.25) is 5.73 Å². The molecule has 1 radical (unpaired) electrons. The molecule has 1 N–H and O–H groups in total. The molecule has 2 rings (SSSR count). The molecule has 0 aromatic rings. The molecule has 2 atom stereocenters. The number of fused-ring (bicyclic) bond motifs is 2. The maximum absolute atomic E-state index is 7.67. The summed E-state index contributed by atoms with van der Waals surface area (Å²) in [4.78, 5) is 0. The molecule has 0 aromatic carbocycles. The second-order valence-corrected chi connectivity index (χ2v) is 4.07. The van der Waals surface area contributed by atoms with Crippen LogP contribution in [-0.2, 0) is 0 Å². The molecule has 10 heavy (non-hydrogen) atoms. The molecule has 57 valence electrons. The zero-order valence-electron chi connectivity index (χ0n) is 6.47. The van der Waals surface area contributed by atoms with E-state index in [2.05, 4.69) is 0 Å². The van der Waals surface area contributed by atoms with E-state index in [9.17, 15) is 0 Å². The van der Waals surface area contributed by atoms with E-state index in [0.717, 1.165) is 11.8 Å². The molecule has 2 unspecified atom stereocenters. The predicted octanol–water partition coefficient (Wildman–Crippen LogP) is 2.24. The Morgan fingerprint density at radius 2 is 1.50 bits per heavy atom. The van der Waals surface area contributed by atoms with Gasteiger partial charge in [-0.25, -0.2) is 0 Å². The van der Waals surface area contributed by atoms with Crippen molar-refractivity contribution in [3.8, 4) is 0 Å². The van der Waals surface area contributed by atoms with E-state index in [-0.39, 0.29) is 0 Å². The van der Waals surface area contributed by atoms with Gasteiger partial charge < -0.3 is 0 Å². The first-order valence-corrected chi connectivity index (χ1v) is 4.55. The smallest absolute Gasteiger partial charge is 0.0218 e. The second kappa shape index (κ2) is 2.54. The van der Waals surface area contributed by atoms with Crippen LogP contribution in [0.4, 0.5) is 0 Å². The Hall–Kier alpha value is -0.0400. The van der Waals surface area contributed by atoms with Crippen LogP contribution in [0, 0.1) is 11.8 Å². The van der Waals surface area contributed by atoms with Gasteiger partial charge >= 0.3 is 0 Å². The molecular weight excluding hydrogens is 122 g/mol. The highest BCUT2D eigenvalue weighted by Crippen LogP contribution is 2.39. The highest BCUT2D eigenvalue weighted by atomic mass is 14.6. The van der Waals surface area contributed by atoms with Crippen molar-refractivity contribution < 1.29 is 0 Å². The molecule has 1 nitrogen and oxygen atoms in total. The molecule has 0 aromatic heterocycles. The van der Waals surface area contributed by atoms with E-state index >= 15 is 0 Å². The lowest BCUT2D eigenvalue weighted by atomic mass is 9.71. The molecule has 0 amide bonds. The van der Waals surface area contributed by atoms with Crippen molar-refractivity contribution >= 4 is 0 Å². The molecule has 0 heterocycles. The van der Waals surface area contributed by atoms with Crippen LogP contribution in [0.1, 0.15) is 38.5 Å². The van der Waals surface area contributed by atoms with Crippen molar-refractivity contribution in [3.63, 3.8) is 0 Å². The predicted molar refractivity (Wildman–Crippen MR) is 41.6 cm³/mol. The maximum atomic E-state index is 7.67. The summed E-state index contributed by atoms with van der Waals surface area (Å²) in [6.07, 6.45) is 8.15. The largest absolute Gasteiger partial charge is 0.254 e. The van der Waals surface area contributed by atoms with Crippen LogP contribution in [0.2, 0.25) is 0 Å². The molecule has 2 fully saturated rings. The molecule has 0 saturated heterocycles. The van der Waals surface area contributed by atoms with Gasteiger partial charge in [0.2, 0.25) is 0 Å². The van der Waals surface area contributed by atoms with Crippen LogP contribution in [0.5, 0.6) is 0 Å². The minimum absolute atomic E-state index is 0.295. The fourth-order valence-corrected chi connectivity index (χ4v) is 2.73. The maximum Gasteiger partial charge on any atom is 0.0218 e. The molecule has 0 spiro atoms. The normalized spacial score (nSPS) is 47.1. The van der Waals surface area contributed by atoms with E-state index < -0.39 is 0 Å². The van der Waals surface area contributed by atoms with Gasteiger partial charge in [0.05, 0.1) is 0 Å². The number of hydrogen-bond donors (Lipinski definition) is 0. The van der Waals surface area contributed by atoms with Gasteiger partial charge in [-0.1, -0.05) is 19.3 Å². The summed E-state index contributed by atoms with van der Waals surface area (Å²) >= 11 is 0. The number of rotatable bonds is 0. The average molecular weight is 138 g/mol. The average Bonchev–Trinajstić information content (AvgIpc) is 1.85. The highest BCUT2D eigenvalue weighted by molar-refractivity contribution is 4.84. The number of hydrogen-bond acceptors (Lipinski definition) is 0. The monoisotopic (exact) mass is 138 g/mol. The Morgan fingerprint density at radius 3 is 2.10 bits per heavy atom. The van der Waals surface area contributed by atoms with Crippen LogP contribution in [-0.4, -0.2) is 6.04 Å². The number of nitrogens with one attached hydrogen (secondary N) is 1. The van der Waals surface area contributed by atoms with Crippen LogP contribution in [0.3, 0.4) is 0 Å². The summed E-state index contributed by atoms with van der Waals surface area (Å²) in [5.41, 5.74) is 7.67. The van der Waals surface area contributed by atoms with Crippen LogP contribution in [0.25, 0.3) is 0 Å². The first-order valence-electron chi connectivity index (χ1n) is 4.55. The van der Waals surface area contributed by atoms with Crippen LogP contribution >= 0.6 is 0 Å². The van der Waals surface area contributed by atoms with Crippen molar-refractivity contribution in [1.82, 2.24) is 5.73 Å². The van der Waals surface area contributed by atoms with Gasteiger partial charge in [0.1, 0.15) is 0 Å². The van der Waals surface area contributed by atoms with Gasteiger partial charge in [0.15, 0.2) is 0 Å². The van der Waals surface area contributed by atoms with Gasteiger partial charge in [0.25, 0.3) is 0 Å². The lowest BCUT2D eigenvalue weighted by Gasteiger charge is -2.37. The zero-order chi connectivity index (χ0) is 6.97. The van der Waals surface area contributed by atoms with E-state index in [0.29, 0.717) is 6.04 Å². The summed E-state index contributed by atoms with van der Waals surface area (Å²) in [5, 5.41) is 0. The van der Waals surface area contributed by atoms with E-state index in [4.69, 9.17) is 5.73 Å². The third-order valence-electron chi connectivity index (χ3n) is 3.13. The van der Waals surface area contributed by atoms with Crippen LogP contribution in [0.15, 0.2) is 0 Å². The summed E-state index contributed by atoms with van der Waals surface area (Å²) in [6.45, 7) is 0. The van der Waals surface area contributed by atoms with Gasteiger partial charge in [-0.2, -0.15) is 0 Å². The lowest BCUT2D eigenvalue weighted by molar-refractivity contribution is 0.169. The first kappa shape index (κ1) is 6.66. The Labute approximate surface area is 63.0 Å². The molecule has 2 aliphatic rings. The van der Waals surface area contributed by atoms with Crippen molar-refractivity contribution in [3.05, 3.63) is 0 Å². The van der Waals surface area contributed by atoms with Crippen molar-refractivity contribution in [2.24, 2.45) is 11.8 Å². The van der Waals surface area contributed by atoms with E-state index in [1.165, 1.54) is 38.5 Å². The van der Waals surface area contributed by atoms with Crippen LogP contribution < -0.4 is 5.73 Å². The highest BCUT2D eigenvalue weighted by Gasteiger charge is 2.29. The van der Waals surface area contributed by atoms with Gasteiger partial charge in [0, 0.05) is 6.04 Å². The van der Waals surface area contributed by atoms with Gasteiger partial charge in [-0.05, 0) is 31.1 Å². The molecule has 2 bridgehead atoms. The fourth-order valence-electron chi connectivity index (χ4n) is 2.73. The third kappa shape index (κ3) is 1.20. The quantitative estimate of drug-likeness (QED) is 0.490. The first-order chi connectivity index (χ1) is 4.84. The Balaban J connectivity index is 1.98. The minimum atomic E-state index is 0.295. The van der Waals surface area contributed by atoms with E-state index in [1.807, 2.05) is 0 Å². The van der Waals surface area contributed by atoms with Crippen molar-refractivity contribution in [2.75, 3.05) is 0 Å². The second-order valence-electron chi connectivity index (χ2n) is 4.07. The topological polar surface area (TPSA) is 23.8 Å². The lowest BCUT2D eigenvalue weighted by Crippen LogP contribution is -2.30. The summed E-state index contributed by atoms with van der Waals surface area (Å²) in [6, 6.07) is 0.295. The minimum Gasteiger partial charge on any atom is -0.254 e. The van der Waals surface area contributed by atoms with Crippen molar-refractivity contribution in [2.45, 2.75) is 44.6 Å². The fraction of sp³-hybridized carbons (Fsp3) is 1.00. The summed E-state index contributed by atoms with van der Waals surface area (Å²) in [7, 11) is 0. The van der Waals surface area contributed by atoms with Crippen molar-refractivity contribution in [1.29, 1.82) is 0 Å². The Kier molecular flexibility index (Phi) is 1.69.